The number of carbonyl (C=O) groups excluding carboxylic acids is 2. The van der Waals surface area contributed by atoms with E-state index in [0.29, 0.717) is 12.5 Å². The van der Waals surface area contributed by atoms with Gasteiger partial charge in [0, 0.05) is 12.6 Å². The van der Waals surface area contributed by atoms with Gasteiger partial charge >= 0.3 is 5.97 Å². The standard InChI is InChI=1S/C14H17NO4/c1-18-14(17)11-7-12(19-9-11)13(16)15-8-10-5-3-2-4-6-10/h2-3,7,9-10H,4-6,8H2,1H3,(H,15,16). The molecule has 0 aliphatic heterocycles. The van der Waals surface area contributed by atoms with Crippen molar-refractivity contribution in [2.24, 2.45) is 5.92 Å². The van der Waals surface area contributed by atoms with Crippen LogP contribution in [-0.4, -0.2) is 25.5 Å². The van der Waals surface area contributed by atoms with Crippen molar-refractivity contribution in [3.63, 3.8) is 0 Å². The highest BCUT2D eigenvalue weighted by atomic mass is 16.5. The molecule has 0 saturated heterocycles. The summed E-state index contributed by atoms with van der Waals surface area (Å²) in [6, 6.07) is 1.39. The highest BCUT2D eigenvalue weighted by Crippen LogP contribution is 2.17. The number of ether oxygens (including phenoxy) is 1. The fraction of sp³-hybridized carbons (Fsp3) is 0.429. The minimum absolute atomic E-state index is 0.131. The summed E-state index contributed by atoms with van der Waals surface area (Å²) >= 11 is 0. The summed E-state index contributed by atoms with van der Waals surface area (Å²) in [7, 11) is 1.28. The van der Waals surface area contributed by atoms with E-state index in [9.17, 15) is 9.59 Å². The van der Waals surface area contributed by atoms with Crippen molar-refractivity contribution in [3.05, 3.63) is 35.8 Å². The number of esters is 1. The number of rotatable bonds is 4. The first kappa shape index (κ1) is 13.4. The number of hydrogen-bond acceptors (Lipinski definition) is 4. The van der Waals surface area contributed by atoms with Crippen molar-refractivity contribution in [1.82, 2.24) is 5.32 Å². The van der Waals surface area contributed by atoms with E-state index in [4.69, 9.17) is 4.42 Å². The van der Waals surface area contributed by atoms with Crippen LogP contribution < -0.4 is 5.32 Å². The minimum atomic E-state index is -0.514. The molecule has 1 heterocycles. The average molecular weight is 263 g/mol. The largest absolute Gasteiger partial charge is 0.465 e. The maximum absolute atomic E-state index is 11.8. The highest BCUT2D eigenvalue weighted by molar-refractivity contribution is 5.96. The van der Waals surface area contributed by atoms with Crippen molar-refractivity contribution in [3.8, 4) is 0 Å². The topological polar surface area (TPSA) is 68.5 Å². The molecule has 0 fully saturated rings. The second-order valence-corrected chi connectivity index (χ2v) is 4.55. The lowest BCUT2D eigenvalue weighted by atomic mass is 9.94. The molecule has 1 aliphatic carbocycles. The zero-order valence-corrected chi connectivity index (χ0v) is 10.8. The highest BCUT2D eigenvalue weighted by Gasteiger charge is 2.17. The molecule has 1 atom stereocenters. The molecule has 2 rings (SSSR count). The van der Waals surface area contributed by atoms with Crippen molar-refractivity contribution in [1.29, 1.82) is 0 Å². The van der Waals surface area contributed by atoms with E-state index in [1.807, 2.05) is 0 Å². The monoisotopic (exact) mass is 263 g/mol. The fourth-order valence-corrected chi connectivity index (χ4v) is 2.05. The SMILES string of the molecule is COC(=O)c1coc(C(=O)NCC2CC=CCC2)c1. The quantitative estimate of drug-likeness (QED) is 0.667. The maximum atomic E-state index is 11.8. The van der Waals surface area contributed by atoms with Crippen LogP contribution in [0.1, 0.15) is 40.2 Å². The lowest BCUT2D eigenvalue weighted by Gasteiger charge is -2.17. The number of carbonyl (C=O) groups is 2. The molecule has 0 bridgehead atoms. The van der Waals surface area contributed by atoms with E-state index in [0.717, 1.165) is 19.3 Å². The van der Waals surface area contributed by atoms with Gasteiger partial charge in [-0.1, -0.05) is 12.2 Å². The van der Waals surface area contributed by atoms with Crippen LogP contribution in [0.25, 0.3) is 0 Å². The number of allylic oxidation sites excluding steroid dienone is 2. The van der Waals surface area contributed by atoms with Crippen LogP contribution in [0.3, 0.4) is 0 Å². The summed E-state index contributed by atoms with van der Waals surface area (Å²) < 4.78 is 9.61. The Morgan fingerprint density at radius 3 is 3.00 bits per heavy atom. The molecule has 1 N–H and O–H groups in total. The first-order chi connectivity index (χ1) is 9.20. The fourth-order valence-electron chi connectivity index (χ4n) is 2.05. The van der Waals surface area contributed by atoms with Crippen LogP contribution in [-0.2, 0) is 4.74 Å². The molecule has 1 aromatic rings. The molecule has 5 nitrogen and oxygen atoms in total. The summed E-state index contributed by atoms with van der Waals surface area (Å²) in [5.41, 5.74) is 0.244. The summed E-state index contributed by atoms with van der Waals surface area (Å²) in [6.45, 7) is 0.622. The second-order valence-electron chi connectivity index (χ2n) is 4.55. The Morgan fingerprint density at radius 2 is 2.32 bits per heavy atom. The van der Waals surface area contributed by atoms with Gasteiger partial charge in [0.1, 0.15) is 6.26 Å². The molecule has 102 valence electrons. The van der Waals surface area contributed by atoms with E-state index in [2.05, 4.69) is 22.2 Å². The van der Waals surface area contributed by atoms with Crippen molar-refractivity contribution in [2.45, 2.75) is 19.3 Å². The van der Waals surface area contributed by atoms with Crippen LogP contribution in [0.5, 0.6) is 0 Å². The van der Waals surface area contributed by atoms with Gasteiger partial charge in [-0.15, -0.1) is 0 Å². The van der Waals surface area contributed by atoms with E-state index >= 15 is 0 Å². The molecule has 5 heteroatoms. The zero-order chi connectivity index (χ0) is 13.7. The lowest BCUT2D eigenvalue weighted by Crippen LogP contribution is -2.29. The predicted octanol–water partition coefficient (Wildman–Crippen LogP) is 2.15. The summed E-state index contributed by atoms with van der Waals surface area (Å²) in [5, 5.41) is 2.82. The first-order valence-corrected chi connectivity index (χ1v) is 6.30. The van der Waals surface area contributed by atoms with E-state index < -0.39 is 5.97 Å². The number of hydrogen-bond donors (Lipinski definition) is 1. The smallest absolute Gasteiger partial charge is 0.341 e. The zero-order valence-electron chi connectivity index (χ0n) is 10.8. The lowest BCUT2D eigenvalue weighted by molar-refractivity contribution is 0.0599. The molecule has 1 aromatic heterocycles. The van der Waals surface area contributed by atoms with Crippen molar-refractivity contribution >= 4 is 11.9 Å². The van der Waals surface area contributed by atoms with Gasteiger partial charge in [-0.05, 0) is 25.2 Å². The Hall–Kier alpha value is -2.04. The third kappa shape index (κ3) is 3.47. The summed E-state index contributed by atoms with van der Waals surface area (Å²) in [6.07, 6.45) is 8.67. The maximum Gasteiger partial charge on any atom is 0.341 e. The molecule has 1 aliphatic rings. The molecular weight excluding hydrogens is 246 g/mol. The van der Waals surface area contributed by atoms with E-state index in [-0.39, 0.29) is 17.2 Å². The molecule has 0 radical (unpaired) electrons. The van der Waals surface area contributed by atoms with Gasteiger partial charge in [0.25, 0.3) is 5.91 Å². The van der Waals surface area contributed by atoms with Gasteiger partial charge in [-0.3, -0.25) is 4.79 Å². The molecule has 1 amide bonds. The molecule has 0 spiro atoms. The van der Waals surface area contributed by atoms with E-state index in [1.54, 1.807) is 0 Å². The van der Waals surface area contributed by atoms with Gasteiger partial charge in [-0.25, -0.2) is 4.79 Å². The van der Waals surface area contributed by atoms with Gasteiger partial charge in [-0.2, -0.15) is 0 Å². The molecular formula is C14H17NO4. The predicted molar refractivity (Wildman–Crippen MR) is 68.9 cm³/mol. The van der Waals surface area contributed by atoms with Gasteiger partial charge in [0.2, 0.25) is 0 Å². The van der Waals surface area contributed by atoms with Gasteiger partial charge in [0.05, 0.1) is 12.7 Å². The normalized spacial score (nSPS) is 18.1. The summed E-state index contributed by atoms with van der Waals surface area (Å²) in [5.74, 6) is -0.208. The van der Waals surface area contributed by atoms with Crippen LogP contribution in [0.15, 0.2) is 28.9 Å². The second kappa shape index (κ2) is 6.22. The molecule has 0 aromatic carbocycles. The molecule has 0 saturated carbocycles. The number of amides is 1. The van der Waals surface area contributed by atoms with Crippen molar-refractivity contribution in [2.75, 3.05) is 13.7 Å². The summed E-state index contributed by atoms with van der Waals surface area (Å²) in [4.78, 5) is 23.1. The Bertz CT molecular complexity index is 489. The Kier molecular flexibility index (Phi) is 4.39. The van der Waals surface area contributed by atoms with Crippen LogP contribution in [0.2, 0.25) is 0 Å². The van der Waals surface area contributed by atoms with Crippen LogP contribution >= 0.6 is 0 Å². The molecule has 1 unspecified atom stereocenters. The van der Waals surface area contributed by atoms with Crippen molar-refractivity contribution < 1.29 is 18.7 Å². The van der Waals surface area contributed by atoms with Gasteiger partial charge in [0.15, 0.2) is 5.76 Å². The van der Waals surface area contributed by atoms with Crippen LogP contribution in [0.4, 0.5) is 0 Å². The Labute approximate surface area is 111 Å². The minimum Gasteiger partial charge on any atom is -0.465 e. The van der Waals surface area contributed by atoms with Crippen LogP contribution in [0, 0.1) is 5.92 Å². The molecule has 19 heavy (non-hydrogen) atoms. The Morgan fingerprint density at radius 1 is 1.47 bits per heavy atom. The third-order valence-electron chi connectivity index (χ3n) is 3.17. The average Bonchev–Trinajstić information content (AvgIpc) is 2.95. The third-order valence-corrected chi connectivity index (χ3v) is 3.17. The number of furan rings is 1. The van der Waals surface area contributed by atoms with Gasteiger partial charge < -0.3 is 14.5 Å². The van der Waals surface area contributed by atoms with E-state index in [1.165, 1.54) is 19.4 Å². The number of methoxy groups -OCH3 is 1. The Balaban J connectivity index is 1.87. The number of nitrogens with one attached hydrogen (secondary N) is 1. The first-order valence-electron chi connectivity index (χ1n) is 6.30.